The molecular weight excluding hydrogens is 566 g/mol. The van der Waals surface area contributed by atoms with Crippen LogP contribution in [0.4, 0.5) is 5.69 Å². The number of carbonyl (C=O) groups is 2. The number of halogens is 1. The van der Waals surface area contributed by atoms with Crippen LogP contribution in [-0.2, 0) is 26.2 Å². The zero-order valence-electron chi connectivity index (χ0n) is 23.9. The van der Waals surface area contributed by atoms with Crippen molar-refractivity contribution in [1.29, 1.82) is 0 Å². The highest BCUT2D eigenvalue weighted by Crippen LogP contribution is 2.32. The molecule has 0 aromatic heterocycles. The molecule has 0 saturated carbocycles. The van der Waals surface area contributed by atoms with Crippen LogP contribution in [0.1, 0.15) is 31.4 Å². The molecule has 3 rings (SSSR count). The van der Waals surface area contributed by atoms with Crippen molar-refractivity contribution in [2.24, 2.45) is 0 Å². The predicted molar refractivity (Wildman–Crippen MR) is 160 cm³/mol. The fourth-order valence-electron chi connectivity index (χ4n) is 4.13. The van der Waals surface area contributed by atoms with Crippen LogP contribution in [0.15, 0.2) is 71.6 Å². The lowest BCUT2D eigenvalue weighted by Crippen LogP contribution is -2.51. The third kappa shape index (κ3) is 7.71. The first-order chi connectivity index (χ1) is 19.5. The van der Waals surface area contributed by atoms with Gasteiger partial charge in [0.15, 0.2) is 11.5 Å². The number of anilines is 1. The van der Waals surface area contributed by atoms with Gasteiger partial charge in [0.2, 0.25) is 11.8 Å². The molecule has 3 aromatic rings. The Labute approximate surface area is 247 Å². The molecule has 11 heteroatoms. The van der Waals surface area contributed by atoms with Crippen molar-refractivity contribution in [2.45, 2.75) is 44.7 Å². The van der Waals surface area contributed by atoms with E-state index >= 15 is 0 Å². The molecule has 1 unspecified atom stereocenters. The number of sulfonamides is 1. The Bertz CT molecular complexity index is 1460. The van der Waals surface area contributed by atoms with Crippen molar-refractivity contribution in [1.82, 2.24) is 10.2 Å². The summed E-state index contributed by atoms with van der Waals surface area (Å²) in [5.74, 6) is -0.335. The molecule has 1 atom stereocenters. The molecule has 0 fully saturated rings. The zero-order chi connectivity index (χ0) is 30.2. The summed E-state index contributed by atoms with van der Waals surface area (Å²) in [4.78, 5) is 28.2. The summed E-state index contributed by atoms with van der Waals surface area (Å²) < 4.78 is 39.7. The third-order valence-electron chi connectivity index (χ3n) is 6.56. The topological polar surface area (TPSA) is 105 Å². The largest absolute Gasteiger partial charge is 0.493 e. The third-order valence-corrected chi connectivity index (χ3v) is 8.70. The number of benzene rings is 3. The summed E-state index contributed by atoms with van der Waals surface area (Å²) in [5.41, 5.74) is 1.84. The van der Waals surface area contributed by atoms with Crippen LogP contribution >= 0.6 is 11.6 Å². The van der Waals surface area contributed by atoms with Crippen LogP contribution in [0, 0.1) is 6.92 Å². The Kier molecular flexibility index (Phi) is 11.0. The lowest BCUT2D eigenvalue weighted by Gasteiger charge is -2.32. The highest BCUT2D eigenvalue weighted by molar-refractivity contribution is 7.92. The van der Waals surface area contributed by atoms with E-state index in [1.165, 1.54) is 37.3 Å². The standard InChI is InChI=1S/C30H36ClN3O6S/c1-6-17-32-30(36)22(3)33(19-23-9-7-8-10-26(23)31)29(35)20-34(24-13-11-21(2)12-14-24)41(37,38)25-15-16-27(39-4)28(18-25)40-5/h7-16,18,22H,6,17,19-20H2,1-5H3,(H,32,36). The first-order valence-electron chi connectivity index (χ1n) is 13.2. The molecule has 2 amide bonds. The molecule has 0 bridgehead atoms. The molecule has 0 heterocycles. The Morgan fingerprint density at radius 1 is 0.976 bits per heavy atom. The highest BCUT2D eigenvalue weighted by atomic mass is 35.5. The van der Waals surface area contributed by atoms with Crippen molar-refractivity contribution < 1.29 is 27.5 Å². The van der Waals surface area contributed by atoms with E-state index in [2.05, 4.69) is 5.32 Å². The van der Waals surface area contributed by atoms with Gasteiger partial charge in [-0.3, -0.25) is 13.9 Å². The second kappa shape index (κ2) is 14.2. The van der Waals surface area contributed by atoms with Crippen molar-refractivity contribution >= 4 is 39.1 Å². The molecule has 0 radical (unpaired) electrons. The van der Waals surface area contributed by atoms with Crippen LogP contribution in [0.3, 0.4) is 0 Å². The number of nitrogens with one attached hydrogen (secondary N) is 1. The summed E-state index contributed by atoms with van der Waals surface area (Å²) in [6.07, 6.45) is 0.724. The first-order valence-corrected chi connectivity index (χ1v) is 15.0. The molecular formula is C30H36ClN3O6S. The van der Waals surface area contributed by atoms with Crippen LogP contribution in [0.2, 0.25) is 5.02 Å². The molecule has 9 nitrogen and oxygen atoms in total. The van der Waals surface area contributed by atoms with Gasteiger partial charge < -0.3 is 19.7 Å². The Morgan fingerprint density at radius 2 is 1.63 bits per heavy atom. The Morgan fingerprint density at radius 3 is 2.24 bits per heavy atom. The first kappa shape index (κ1) is 31.8. The van der Waals surface area contributed by atoms with Gasteiger partial charge in [0.05, 0.1) is 24.8 Å². The summed E-state index contributed by atoms with van der Waals surface area (Å²) in [7, 11) is -1.41. The van der Waals surface area contributed by atoms with Gasteiger partial charge >= 0.3 is 0 Å². The van der Waals surface area contributed by atoms with Crippen molar-refractivity contribution in [3.63, 3.8) is 0 Å². The van der Waals surface area contributed by atoms with Gasteiger partial charge in [0, 0.05) is 24.2 Å². The molecule has 0 aliphatic heterocycles. The van der Waals surface area contributed by atoms with Gasteiger partial charge in [0.25, 0.3) is 10.0 Å². The fraction of sp³-hybridized carbons (Fsp3) is 0.333. The smallest absolute Gasteiger partial charge is 0.264 e. The van der Waals surface area contributed by atoms with Crippen LogP contribution < -0.4 is 19.1 Å². The molecule has 0 aliphatic rings. The maximum atomic E-state index is 14.1. The average Bonchev–Trinajstić information content (AvgIpc) is 2.97. The van der Waals surface area contributed by atoms with E-state index in [1.807, 2.05) is 13.8 Å². The number of rotatable bonds is 13. The summed E-state index contributed by atoms with van der Waals surface area (Å²) in [6.45, 7) is 5.31. The highest BCUT2D eigenvalue weighted by Gasteiger charge is 2.33. The molecule has 1 N–H and O–H groups in total. The van der Waals surface area contributed by atoms with Gasteiger partial charge in [-0.25, -0.2) is 8.42 Å². The summed E-state index contributed by atoms with van der Waals surface area (Å²) >= 11 is 6.40. The minimum Gasteiger partial charge on any atom is -0.493 e. The minimum atomic E-state index is -4.27. The summed E-state index contributed by atoms with van der Waals surface area (Å²) in [6, 6.07) is 17.1. The number of carbonyl (C=O) groups excluding carboxylic acids is 2. The van der Waals surface area contributed by atoms with E-state index in [9.17, 15) is 18.0 Å². The number of hydrogen-bond donors (Lipinski definition) is 1. The van der Waals surface area contributed by atoms with Crippen molar-refractivity contribution in [3.05, 3.63) is 82.9 Å². The number of methoxy groups -OCH3 is 2. The number of hydrogen-bond acceptors (Lipinski definition) is 6. The Balaban J connectivity index is 2.07. The molecule has 0 aliphatic carbocycles. The lowest BCUT2D eigenvalue weighted by molar-refractivity contribution is -0.139. The monoisotopic (exact) mass is 601 g/mol. The van der Waals surface area contributed by atoms with Gasteiger partial charge in [-0.05, 0) is 56.2 Å². The second-order valence-corrected chi connectivity index (χ2v) is 11.7. The van der Waals surface area contributed by atoms with E-state index in [-0.39, 0.29) is 23.1 Å². The second-order valence-electron chi connectivity index (χ2n) is 9.44. The lowest BCUT2D eigenvalue weighted by atomic mass is 10.1. The van der Waals surface area contributed by atoms with E-state index < -0.39 is 28.5 Å². The maximum absolute atomic E-state index is 14.1. The minimum absolute atomic E-state index is 0.0113. The SMILES string of the molecule is CCCNC(=O)C(C)N(Cc1ccccc1Cl)C(=O)CN(c1ccc(C)cc1)S(=O)(=O)c1ccc(OC)c(OC)c1. The summed E-state index contributed by atoms with van der Waals surface area (Å²) in [5, 5.41) is 3.25. The van der Waals surface area contributed by atoms with Crippen LogP contribution in [0.25, 0.3) is 0 Å². The zero-order valence-corrected chi connectivity index (χ0v) is 25.5. The van der Waals surface area contributed by atoms with E-state index in [1.54, 1.807) is 55.5 Å². The van der Waals surface area contributed by atoms with Gasteiger partial charge in [0.1, 0.15) is 12.6 Å². The molecule has 41 heavy (non-hydrogen) atoms. The number of ether oxygens (including phenoxy) is 2. The van der Waals surface area contributed by atoms with Crippen molar-refractivity contribution in [2.75, 3.05) is 31.6 Å². The number of aryl methyl sites for hydroxylation is 1. The van der Waals surface area contributed by atoms with E-state index in [0.717, 1.165) is 16.3 Å². The molecule has 0 saturated heterocycles. The normalized spacial score (nSPS) is 11.9. The molecule has 0 spiro atoms. The maximum Gasteiger partial charge on any atom is 0.264 e. The quantitative estimate of drug-likeness (QED) is 0.302. The molecule has 3 aromatic carbocycles. The number of amides is 2. The van der Waals surface area contributed by atoms with Gasteiger partial charge in [-0.2, -0.15) is 0 Å². The van der Waals surface area contributed by atoms with E-state index in [0.29, 0.717) is 28.6 Å². The van der Waals surface area contributed by atoms with Gasteiger partial charge in [-0.1, -0.05) is 54.4 Å². The van der Waals surface area contributed by atoms with Crippen LogP contribution in [-0.4, -0.2) is 58.5 Å². The van der Waals surface area contributed by atoms with E-state index in [4.69, 9.17) is 21.1 Å². The number of nitrogens with zero attached hydrogens (tertiary/aromatic N) is 2. The van der Waals surface area contributed by atoms with Crippen molar-refractivity contribution in [3.8, 4) is 11.5 Å². The Hall–Kier alpha value is -3.76. The molecule has 220 valence electrons. The average molecular weight is 602 g/mol. The predicted octanol–water partition coefficient (Wildman–Crippen LogP) is 4.80. The fourth-order valence-corrected chi connectivity index (χ4v) is 5.76. The van der Waals surface area contributed by atoms with Gasteiger partial charge in [-0.15, -0.1) is 0 Å². The van der Waals surface area contributed by atoms with Crippen LogP contribution in [0.5, 0.6) is 11.5 Å².